The first-order valence-electron chi connectivity index (χ1n) is 9.82. The minimum absolute atomic E-state index is 0.0128. The molecule has 0 saturated carbocycles. The zero-order chi connectivity index (χ0) is 22.3. The van der Waals surface area contributed by atoms with Crippen LogP contribution in [-0.2, 0) is 10.5 Å². The Balaban J connectivity index is 1.22. The van der Waals surface area contributed by atoms with Gasteiger partial charge in [0.2, 0.25) is 5.91 Å². The predicted molar refractivity (Wildman–Crippen MR) is 129 cm³/mol. The number of thiazole rings is 1. The van der Waals surface area contributed by atoms with E-state index in [1.807, 2.05) is 35.7 Å². The van der Waals surface area contributed by atoms with Crippen molar-refractivity contribution in [2.45, 2.75) is 22.9 Å². The van der Waals surface area contributed by atoms with Crippen LogP contribution in [0.15, 0.2) is 70.4 Å². The van der Waals surface area contributed by atoms with E-state index in [-0.39, 0.29) is 18.6 Å². The molecule has 2 heterocycles. The van der Waals surface area contributed by atoms with E-state index in [1.165, 1.54) is 16.0 Å². The van der Waals surface area contributed by atoms with Gasteiger partial charge in [-0.2, -0.15) is 0 Å². The number of carbonyl (C=O) groups excluding carboxylic acids is 3. The zero-order valence-electron chi connectivity index (χ0n) is 16.9. The SMILES string of the molecule is O=C(CCC(=O)c1cccs1)NNC(=O)c1ccc(CSc2nc3ccccc3s2)cc1. The second-order valence-electron chi connectivity index (χ2n) is 6.84. The first-order valence-corrected chi connectivity index (χ1v) is 12.5. The van der Waals surface area contributed by atoms with Crippen molar-refractivity contribution >= 4 is 62.2 Å². The normalized spacial score (nSPS) is 10.8. The number of hydrogen-bond acceptors (Lipinski definition) is 7. The standard InChI is InChI=1S/C23H19N3O3S3/c27-18(20-6-3-13-30-20)11-12-21(28)25-26-22(29)16-9-7-15(8-10-16)14-31-23-24-17-4-1-2-5-19(17)32-23/h1-10,13H,11-12,14H2,(H,25,28)(H,26,29). The number of Topliss-reactive ketones (excluding diaryl/α,β-unsaturated/α-hetero) is 1. The van der Waals surface area contributed by atoms with Gasteiger partial charge in [-0.05, 0) is 41.3 Å². The van der Waals surface area contributed by atoms with Gasteiger partial charge in [0.15, 0.2) is 10.1 Å². The molecule has 0 aliphatic rings. The third-order valence-electron chi connectivity index (χ3n) is 4.54. The number of amides is 2. The fourth-order valence-electron chi connectivity index (χ4n) is 2.86. The lowest BCUT2D eigenvalue weighted by Crippen LogP contribution is -2.41. The van der Waals surface area contributed by atoms with Gasteiger partial charge >= 0.3 is 0 Å². The minimum Gasteiger partial charge on any atom is -0.293 e. The molecule has 0 aliphatic carbocycles. The number of hydrogen-bond donors (Lipinski definition) is 2. The number of ketones is 1. The molecule has 2 aromatic carbocycles. The average Bonchev–Trinajstić information content (AvgIpc) is 3.50. The fourth-order valence-corrected chi connectivity index (χ4v) is 5.58. The Morgan fingerprint density at radius 3 is 2.47 bits per heavy atom. The van der Waals surface area contributed by atoms with Gasteiger partial charge in [0, 0.05) is 24.2 Å². The van der Waals surface area contributed by atoms with Gasteiger partial charge in [0.05, 0.1) is 15.1 Å². The van der Waals surface area contributed by atoms with Gasteiger partial charge in [-0.1, -0.05) is 42.1 Å². The lowest BCUT2D eigenvalue weighted by atomic mass is 10.1. The highest BCUT2D eigenvalue weighted by Crippen LogP contribution is 2.31. The Labute approximate surface area is 197 Å². The van der Waals surface area contributed by atoms with Crippen molar-refractivity contribution in [3.8, 4) is 0 Å². The second kappa shape index (κ2) is 10.5. The molecule has 6 nitrogen and oxygen atoms in total. The highest BCUT2D eigenvalue weighted by molar-refractivity contribution is 8.00. The molecule has 2 amide bonds. The molecule has 0 fully saturated rings. The maximum absolute atomic E-state index is 12.3. The molecule has 0 unspecified atom stereocenters. The maximum Gasteiger partial charge on any atom is 0.269 e. The molecule has 0 atom stereocenters. The number of fused-ring (bicyclic) bond motifs is 1. The van der Waals surface area contributed by atoms with Gasteiger partial charge in [-0.15, -0.1) is 22.7 Å². The molecule has 2 aromatic heterocycles. The average molecular weight is 482 g/mol. The van der Waals surface area contributed by atoms with Crippen molar-refractivity contribution in [1.29, 1.82) is 0 Å². The van der Waals surface area contributed by atoms with Crippen molar-refractivity contribution < 1.29 is 14.4 Å². The summed E-state index contributed by atoms with van der Waals surface area (Å²) in [6.45, 7) is 0. The smallest absolute Gasteiger partial charge is 0.269 e. The summed E-state index contributed by atoms with van der Waals surface area (Å²) >= 11 is 4.67. The topological polar surface area (TPSA) is 88.2 Å². The number of thioether (sulfide) groups is 1. The number of hydrazine groups is 1. The van der Waals surface area contributed by atoms with E-state index in [2.05, 4.69) is 21.9 Å². The number of nitrogens with zero attached hydrogens (tertiary/aromatic N) is 1. The molecule has 9 heteroatoms. The molecule has 4 rings (SSSR count). The first-order chi connectivity index (χ1) is 15.6. The van der Waals surface area contributed by atoms with Crippen LogP contribution in [0, 0.1) is 0 Å². The predicted octanol–water partition coefficient (Wildman–Crippen LogP) is 5.07. The van der Waals surface area contributed by atoms with Crippen LogP contribution in [-0.4, -0.2) is 22.6 Å². The number of benzene rings is 2. The van der Waals surface area contributed by atoms with Crippen molar-refractivity contribution in [2.75, 3.05) is 0 Å². The highest BCUT2D eigenvalue weighted by atomic mass is 32.2. The van der Waals surface area contributed by atoms with E-state index in [0.29, 0.717) is 10.4 Å². The molecule has 162 valence electrons. The molecule has 0 aliphatic heterocycles. The van der Waals surface area contributed by atoms with Crippen molar-refractivity contribution in [3.05, 3.63) is 82.0 Å². The van der Waals surface area contributed by atoms with E-state index in [1.54, 1.807) is 47.4 Å². The Bertz CT molecular complexity index is 1200. The van der Waals surface area contributed by atoms with Crippen LogP contribution < -0.4 is 10.9 Å². The van der Waals surface area contributed by atoms with Gasteiger partial charge in [-0.25, -0.2) is 4.98 Å². The number of rotatable bonds is 8. The highest BCUT2D eigenvalue weighted by Gasteiger charge is 2.12. The summed E-state index contributed by atoms with van der Waals surface area (Å²) in [4.78, 5) is 41.3. The van der Waals surface area contributed by atoms with Crippen LogP contribution in [0.3, 0.4) is 0 Å². The summed E-state index contributed by atoms with van der Waals surface area (Å²) in [6.07, 6.45) is 0.113. The van der Waals surface area contributed by atoms with Crippen LogP contribution in [0.1, 0.15) is 38.4 Å². The van der Waals surface area contributed by atoms with Crippen LogP contribution in [0.4, 0.5) is 0 Å². The Morgan fingerprint density at radius 2 is 1.72 bits per heavy atom. The van der Waals surface area contributed by atoms with Crippen molar-refractivity contribution in [3.63, 3.8) is 0 Å². The lowest BCUT2D eigenvalue weighted by molar-refractivity contribution is -0.121. The molecule has 0 bridgehead atoms. The molecular weight excluding hydrogens is 462 g/mol. The third-order valence-corrected chi connectivity index (χ3v) is 7.70. The van der Waals surface area contributed by atoms with E-state index in [0.717, 1.165) is 21.2 Å². The van der Waals surface area contributed by atoms with E-state index >= 15 is 0 Å². The molecule has 0 spiro atoms. The van der Waals surface area contributed by atoms with Gasteiger partial charge in [-0.3, -0.25) is 25.2 Å². The second-order valence-corrected chi connectivity index (χ2v) is 10.0. The largest absolute Gasteiger partial charge is 0.293 e. The molecule has 4 aromatic rings. The van der Waals surface area contributed by atoms with E-state index in [9.17, 15) is 14.4 Å². The van der Waals surface area contributed by atoms with Gasteiger partial charge in [0.1, 0.15) is 0 Å². The minimum atomic E-state index is -0.410. The third kappa shape index (κ3) is 5.82. The van der Waals surface area contributed by atoms with Crippen LogP contribution in [0.2, 0.25) is 0 Å². The fraction of sp³-hybridized carbons (Fsp3) is 0.130. The Kier molecular flexibility index (Phi) is 7.31. The summed E-state index contributed by atoms with van der Waals surface area (Å²) in [7, 11) is 0. The van der Waals surface area contributed by atoms with Gasteiger partial charge in [0.25, 0.3) is 5.91 Å². The van der Waals surface area contributed by atoms with Crippen LogP contribution >= 0.6 is 34.4 Å². The number of nitrogens with one attached hydrogen (secondary N) is 2. The number of carbonyl (C=O) groups is 3. The molecule has 2 N–H and O–H groups in total. The van der Waals surface area contributed by atoms with E-state index < -0.39 is 11.8 Å². The Hall–Kier alpha value is -3.01. The number of aromatic nitrogens is 1. The summed E-state index contributed by atoms with van der Waals surface area (Å²) in [6, 6.07) is 18.8. The van der Waals surface area contributed by atoms with Crippen LogP contribution in [0.5, 0.6) is 0 Å². The van der Waals surface area contributed by atoms with Crippen molar-refractivity contribution in [1.82, 2.24) is 15.8 Å². The monoisotopic (exact) mass is 481 g/mol. The molecule has 0 saturated heterocycles. The summed E-state index contributed by atoms with van der Waals surface area (Å²) in [5, 5.41) is 1.82. The summed E-state index contributed by atoms with van der Waals surface area (Å²) in [5.74, 6) is -0.155. The van der Waals surface area contributed by atoms with Crippen molar-refractivity contribution in [2.24, 2.45) is 0 Å². The lowest BCUT2D eigenvalue weighted by Gasteiger charge is -2.08. The van der Waals surface area contributed by atoms with E-state index in [4.69, 9.17) is 0 Å². The molecule has 32 heavy (non-hydrogen) atoms. The summed E-state index contributed by atoms with van der Waals surface area (Å²) < 4.78 is 2.17. The zero-order valence-corrected chi connectivity index (χ0v) is 19.3. The number of para-hydroxylation sites is 1. The first kappa shape index (κ1) is 22.2. The van der Waals surface area contributed by atoms with Crippen LogP contribution in [0.25, 0.3) is 10.2 Å². The number of thiophene rings is 1. The van der Waals surface area contributed by atoms with Gasteiger partial charge < -0.3 is 0 Å². The maximum atomic E-state index is 12.3. The Morgan fingerprint density at radius 1 is 0.906 bits per heavy atom. The summed E-state index contributed by atoms with van der Waals surface area (Å²) in [5.41, 5.74) is 7.26. The quantitative estimate of drug-likeness (QED) is 0.208. The molecule has 0 radical (unpaired) electrons. The molecular formula is C23H19N3O3S3.